The number of aliphatic hydroxyl groups excluding tert-OH is 1. The summed E-state index contributed by atoms with van der Waals surface area (Å²) in [7, 11) is 0. The standard InChI is InChI=1S/C23H23FN2O3/c24-21-4-2-1-3-19(21)20-7-8-22(28)26-11-15-9-16(23(20)26)12-25(10-15)13-17-5-6-18(14-27)29-17/h1-8,15-16,27H,9-14H2/t15-,16-/m0/s1. The van der Waals surface area contributed by atoms with Crippen molar-refractivity contribution in [3.05, 3.63) is 81.9 Å². The Morgan fingerprint density at radius 1 is 1.00 bits per heavy atom. The molecule has 0 spiro atoms. The molecule has 5 rings (SSSR count). The third-order valence-electron chi connectivity index (χ3n) is 6.08. The average Bonchev–Trinajstić information content (AvgIpc) is 3.17. The van der Waals surface area contributed by atoms with Crippen LogP contribution in [0.15, 0.2) is 57.7 Å². The molecule has 0 radical (unpaired) electrons. The Bertz CT molecular complexity index is 1100. The van der Waals surface area contributed by atoms with Crippen LogP contribution in [0.3, 0.4) is 0 Å². The molecule has 2 aliphatic heterocycles. The monoisotopic (exact) mass is 394 g/mol. The number of likely N-dealkylation sites (tertiary alicyclic amines) is 1. The molecule has 0 amide bonds. The van der Waals surface area contributed by atoms with Crippen LogP contribution in [0.1, 0.15) is 29.6 Å². The molecular formula is C23H23FN2O3. The molecule has 0 unspecified atom stereocenters. The van der Waals surface area contributed by atoms with E-state index in [0.717, 1.165) is 36.5 Å². The minimum Gasteiger partial charge on any atom is -0.462 e. The molecule has 2 aliphatic rings. The van der Waals surface area contributed by atoms with Crippen LogP contribution in [0, 0.1) is 11.7 Å². The van der Waals surface area contributed by atoms with Gasteiger partial charge < -0.3 is 14.1 Å². The summed E-state index contributed by atoms with van der Waals surface area (Å²) in [5, 5.41) is 9.21. The van der Waals surface area contributed by atoms with Gasteiger partial charge >= 0.3 is 0 Å². The topological polar surface area (TPSA) is 58.6 Å². The zero-order chi connectivity index (χ0) is 20.0. The number of furan rings is 1. The third-order valence-corrected chi connectivity index (χ3v) is 6.08. The summed E-state index contributed by atoms with van der Waals surface area (Å²) in [6.45, 7) is 2.90. The van der Waals surface area contributed by atoms with Gasteiger partial charge in [0.1, 0.15) is 23.9 Å². The molecule has 0 saturated carbocycles. The molecule has 1 aromatic carbocycles. The molecule has 3 aromatic rings. The highest BCUT2D eigenvalue weighted by molar-refractivity contribution is 5.67. The first-order valence-corrected chi connectivity index (χ1v) is 10.0. The second-order valence-corrected chi connectivity index (χ2v) is 8.08. The molecule has 5 nitrogen and oxygen atoms in total. The predicted molar refractivity (Wildman–Crippen MR) is 107 cm³/mol. The van der Waals surface area contributed by atoms with Crippen molar-refractivity contribution in [3.8, 4) is 11.1 Å². The zero-order valence-electron chi connectivity index (χ0n) is 16.1. The van der Waals surface area contributed by atoms with Gasteiger partial charge in [-0.25, -0.2) is 4.39 Å². The maximum Gasteiger partial charge on any atom is 0.250 e. The quantitative estimate of drug-likeness (QED) is 0.737. The van der Waals surface area contributed by atoms with Gasteiger partial charge in [-0.1, -0.05) is 18.2 Å². The van der Waals surface area contributed by atoms with Crippen LogP contribution in [0.25, 0.3) is 11.1 Å². The van der Waals surface area contributed by atoms with Crippen LogP contribution in [-0.2, 0) is 19.7 Å². The molecular weight excluding hydrogens is 371 g/mol. The summed E-state index contributed by atoms with van der Waals surface area (Å²) >= 11 is 0. The lowest BCUT2D eigenvalue weighted by Crippen LogP contribution is -2.47. The first-order chi connectivity index (χ1) is 14.1. The Balaban J connectivity index is 1.50. The van der Waals surface area contributed by atoms with Crippen molar-refractivity contribution in [3.63, 3.8) is 0 Å². The van der Waals surface area contributed by atoms with E-state index in [2.05, 4.69) is 4.90 Å². The highest BCUT2D eigenvalue weighted by Crippen LogP contribution is 2.40. The van der Waals surface area contributed by atoms with Crippen molar-refractivity contribution >= 4 is 0 Å². The van der Waals surface area contributed by atoms with E-state index >= 15 is 0 Å². The first-order valence-electron chi connectivity index (χ1n) is 10.0. The normalized spacial score (nSPS) is 21.2. The van der Waals surface area contributed by atoms with Crippen molar-refractivity contribution in [2.24, 2.45) is 5.92 Å². The van der Waals surface area contributed by atoms with E-state index in [1.54, 1.807) is 30.3 Å². The Morgan fingerprint density at radius 3 is 2.62 bits per heavy atom. The number of rotatable bonds is 4. The second kappa shape index (κ2) is 7.28. The van der Waals surface area contributed by atoms with E-state index in [4.69, 9.17) is 4.42 Å². The van der Waals surface area contributed by atoms with E-state index in [0.29, 0.717) is 30.3 Å². The molecule has 1 fully saturated rings. The summed E-state index contributed by atoms with van der Waals surface area (Å²) in [4.78, 5) is 14.9. The van der Waals surface area contributed by atoms with Gasteiger partial charge in [-0.05, 0) is 36.6 Å². The first kappa shape index (κ1) is 18.3. The molecule has 150 valence electrons. The predicted octanol–water partition coefficient (Wildman–Crippen LogP) is 3.36. The number of fused-ring (bicyclic) bond motifs is 4. The average molecular weight is 394 g/mol. The lowest BCUT2D eigenvalue weighted by molar-refractivity contribution is 0.107. The number of halogens is 1. The summed E-state index contributed by atoms with van der Waals surface area (Å²) < 4.78 is 22.1. The Kier molecular flexibility index (Phi) is 4.60. The van der Waals surface area contributed by atoms with Gasteiger partial charge in [0, 0.05) is 48.4 Å². The van der Waals surface area contributed by atoms with Crippen LogP contribution in [0.2, 0.25) is 0 Å². The number of aromatic nitrogens is 1. The van der Waals surface area contributed by atoms with Gasteiger partial charge in [0.2, 0.25) is 0 Å². The number of pyridine rings is 1. The van der Waals surface area contributed by atoms with E-state index in [9.17, 15) is 14.3 Å². The summed E-state index contributed by atoms with van der Waals surface area (Å²) in [6.07, 6.45) is 1.00. The molecule has 4 heterocycles. The minimum atomic E-state index is -0.268. The maximum atomic E-state index is 14.5. The largest absolute Gasteiger partial charge is 0.462 e. The number of aliphatic hydroxyl groups is 1. The SMILES string of the molecule is O=c1ccc(-c2ccccc2F)c2n1C[C@H]1C[C@H]2CN(Cc2ccc(CO)o2)C1. The number of hydrogen-bond donors (Lipinski definition) is 1. The Morgan fingerprint density at radius 2 is 1.83 bits per heavy atom. The summed E-state index contributed by atoms with van der Waals surface area (Å²) in [6, 6.07) is 13.8. The van der Waals surface area contributed by atoms with Crippen LogP contribution in [0.5, 0.6) is 0 Å². The number of nitrogens with zero attached hydrogens (tertiary/aromatic N) is 2. The Labute approximate surface area is 168 Å². The second-order valence-electron chi connectivity index (χ2n) is 8.08. The molecule has 2 atom stereocenters. The van der Waals surface area contributed by atoms with Crippen LogP contribution >= 0.6 is 0 Å². The van der Waals surface area contributed by atoms with E-state index < -0.39 is 0 Å². The smallest absolute Gasteiger partial charge is 0.250 e. The van der Waals surface area contributed by atoms with Crippen molar-refractivity contribution in [1.29, 1.82) is 0 Å². The highest BCUT2D eigenvalue weighted by Gasteiger charge is 2.36. The van der Waals surface area contributed by atoms with Gasteiger partial charge in [-0.2, -0.15) is 0 Å². The molecule has 2 aromatic heterocycles. The van der Waals surface area contributed by atoms with Crippen molar-refractivity contribution in [2.75, 3.05) is 13.1 Å². The van der Waals surface area contributed by atoms with Crippen molar-refractivity contribution < 1.29 is 13.9 Å². The zero-order valence-corrected chi connectivity index (χ0v) is 16.1. The fourth-order valence-corrected chi connectivity index (χ4v) is 4.96. The van der Waals surface area contributed by atoms with E-state index in [-0.39, 0.29) is 23.9 Å². The Hall–Kier alpha value is -2.70. The van der Waals surface area contributed by atoms with Crippen molar-refractivity contribution in [1.82, 2.24) is 9.47 Å². The molecule has 0 aliphatic carbocycles. The van der Waals surface area contributed by atoms with Gasteiger partial charge in [0.05, 0.1) is 6.54 Å². The van der Waals surface area contributed by atoms with Crippen molar-refractivity contribution in [2.45, 2.75) is 32.0 Å². The number of hydrogen-bond acceptors (Lipinski definition) is 4. The number of piperidine rings is 1. The molecule has 2 bridgehead atoms. The van der Waals surface area contributed by atoms with Gasteiger partial charge in [0.25, 0.3) is 5.56 Å². The maximum absolute atomic E-state index is 14.5. The fourth-order valence-electron chi connectivity index (χ4n) is 4.96. The fraction of sp³-hybridized carbons (Fsp3) is 0.348. The van der Waals surface area contributed by atoms with Gasteiger partial charge in [-0.3, -0.25) is 9.69 Å². The number of benzene rings is 1. The van der Waals surface area contributed by atoms with Crippen LogP contribution in [-0.4, -0.2) is 27.7 Å². The third kappa shape index (κ3) is 3.32. The lowest BCUT2D eigenvalue weighted by atomic mass is 9.80. The molecule has 6 heteroatoms. The molecule has 29 heavy (non-hydrogen) atoms. The van der Waals surface area contributed by atoms with E-state index in [1.165, 1.54) is 6.07 Å². The molecule has 1 saturated heterocycles. The summed E-state index contributed by atoms with van der Waals surface area (Å²) in [5.74, 6) is 1.67. The van der Waals surface area contributed by atoms with Crippen LogP contribution in [0.4, 0.5) is 4.39 Å². The van der Waals surface area contributed by atoms with Gasteiger partial charge in [0.15, 0.2) is 0 Å². The summed E-state index contributed by atoms with van der Waals surface area (Å²) in [5.41, 5.74) is 2.29. The lowest BCUT2D eigenvalue weighted by Gasteiger charge is -2.43. The highest BCUT2D eigenvalue weighted by atomic mass is 19.1. The minimum absolute atomic E-state index is 0.0122. The van der Waals surface area contributed by atoms with E-state index in [1.807, 2.05) is 16.7 Å². The van der Waals surface area contributed by atoms with Gasteiger partial charge in [-0.15, -0.1) is 0 Å². The molecule has 1 N–H and O–H groups in total. The van der Waals surface area contributed by atoms with Crippen LogP contribution < -0.4 is 5.56 Å².